The van der Waals surface area contributed by atoms with Crippen molar-refractivity contribution in [2.75, 3.05) is 7.11 Å². The fourth-order valence-electron chi connectivity index (χ4n) is 1.07. The van der Waals surface area contributed by atoms with E-state index in [0.717, 1.165) is 0 Å². The molecule has 3 nitrogen and oxygen atoms in total. The summed E-state index contributed by atoms with van der Waals surface area (Å²) in [5, 5.41) is 8.73. The van der Waals surface area contributed by atoms with Gasteiger partial charge in [0, 0.05) is 5.56 Å². The maximum absolute atomic E-state index is 10.6. The van der Waals surface area contributed by atoms with Crippen LogP contribution in [0.3, 0.4) is 0 Å². The largest absolute Gasteiger partial charge is 0.496 e. The molecular weight excluding hydrogens is 157 g/mol. The fraction of sp³-hybridized carbons (Fsp3) is 0.222. The summed E-state index contributed by atoms with van der Waals surface area (Å²) in [7, 11) is 1.52. The van der Waals surface area contributed by atoms with Gasteiger partial charge in [-0.2, -0.15) is 0 Å². The number of rotatable bonds is 2. The van der Waals surface area contributed by atoms with Gasteiger partial charge in [-0.3, -0.25) is 0 Å². The predicted molar refractivity (Wildman–Crippen MR) is 44.7 cm³/mol. The van der Waals surface area contributed by atoms with Gasteiger partial charge < -0.3 is 9.84 Å². The summed E-state index contributed by atoms with van der Waals surface area (Å²) >= 11 is 0. The Morgan fingerprint density at radius 1 is 1.50 bits per heavy atom. The number of aromatic carboxylic acids is 1. The second kappa shape index (κ2) is 3.26. The molecule has 1 aromatic rings. The fourth-order valence-corrected chi connectivity index (χ4v) is 1.07. The summed E-state index contributed by atoms with van der Waals surface area (Å²) in [6, 6.07) is 4.96. The maximum Gasteiger partial charge on any atom is 0.336 e. The van der Waals surface area contributed by atoms with E-state index in [4.69, 9.17) is 9.84 Å². The van der Waals surface area contributed by atoms with Gasteiger partial charge >= 0.3 is 5.97 Å². The Morgan fingerprint density at radius 2 is 2.17 bits per heavy atom. The lowest BCUT2D eigenvalue weighted by Gasteiger charge is -2.05. The quantitative estimate of drug-likeness (QED) is 0.682. The van der Waals surface area contributed by atoms with Crippen LogP contribution in [-0.4, -0.2) is 18.2 Å². The zero-order valence-corrected chi connectivity index (χ0v) is 7.00. The summed E-state index contributed by atoms with van der Waals surface area (Å²) in [6.45, 7) is 1.72. The molecule has 64 valence electrons. The number of benzene rings is 1. The molecule has 0 saturated heterocycles. The minimum atomic E-state index is -0.925. The van der Waals surface area contributed by atoms with Gasteiger partial charge in [-0.15, -0.1) is 0 Å². The van der Waals surface area contributed by atoms with Gasteiger partial charge in [0.05, 0.1) is 12.7 Å². The van der Waals surface area contributed by atoms with Crippen molar-refractivity contribution in [2.24, 2.45) is 0 Å². The molecular formula is C9H10O3. The molecule has 0 aliphatic rings. The average molecular weight is 167 g/mol. The predicted octanol–water partition coefficient (Wildman–Crippen LogP) is 1.70. The highest BCUT2D eigenvalue weighted by Gasteiger charge is 2.09. The van der Waals surface area contributed by atoms with E-state index in [2.05, 4.69) is 0 Å². The van der Waals surface area contributed by atoms with Gasteiger partial charge in [0.25, 0.3) is 0 Å². The second-order valence-corrected chi connectivity index (χ2v) is 2.44. The molecule has 0 radical (unpaired) electrons. The molecule has 0 aromatic heterocycles. The first-order valence-electron chi connectivity index (χ1n) is 3.53. The number of carboxylic acids is 1. The Bertz CT molecular complexity index is 305. The standard InChI is InChI=1S/C9H10O3/c1-6-7(9(10)11)4-3-5-8(6)12-2/h3-5H,1-2H3,(H,10,11)/i9+1. The number of hydrogen-bond acceptors (Lipinski definition) is 2. The van der Waals surface area contributed by atoms with Crippen molar-refractivity contribution >= 4 is 5.97 Å². The third-order valence-electron chi connectivity index (χ3n) is 1.73. The van der Waals surface area contributed by atoms with Crippen molar-refractivity contribution in [1.82, 2.24) is 0 Å². The summed E-state index contributed by atoms with van der Waals surface area (Å²) in [5.74, 6) is -0.318. The molecule has 0 amide bonds. The smallest absolute Gasteiger partial charge is 0.336 e. The Balaban J connectivity index is 3.23. The van der Waals surface area contributed by atoms with Crippen molar-refractivity contribution in [3.05, 3.63) is 29.3 Å². The highest BCUT2D eigenvalue weighted by atomic mass is 16.5. The lowest BCUT2D eigenvalue weighted by molar-refractivity contribution is 0.0695. The molecule has 0 fully saturated rings. The van der Waals surface area contributed by atoms with Gasteiger partial charge in [0.2, 0.25) is 0 Å². The van der Waals surface area contributed by atoms with Crippen LogP contribution in [0.5, 0.6) is 5.75 Å². The highest BCUT2D eigenvalue weighted by molar-refractivity contribution is 5.90. The summed E-state index contributed by atoms with van der Waals surface area (Å²) in [5.41, 5.74) is 0.946. The van der Waals surface area contributed by atoms with E-state index in [1.54, 1.807) is 25.1 Å². The zero-order valence-electron chi connectivity index (χ0n) is 7.00. The molecule has 0 heterocycles. The van der Waals surface area contributed by atoms with E-state index in [1.807, 2.05) is 0 Å². The van der Waals surface area contributed by atoms with Gasteiger partial charge in [-0.1, -0.05) is 6.07 Å². The monoisotopic (exact) mass is 167 g/mol. The van der Waals surface area contributed by atoms with Crippen molar-refractivity contribution in [3.63, 3.8) is 0 Å². The molecule has 0 aliphatic carbocycles. The van der Waals surface area contributed by atoms with Crippen LogP contribution in [0, 0.1) is 6.92 Å². The number of ether oxygens (including phenoxy) is 1. The first kappa shape index (κ1) is 8.59. The Labute approximate surface area is 70.6 Å². The Kier molecular flexibility index (Phi) is 2.33. The van der Waals surface area contributed by atoms with Crippen LogP contribution >= 0.6 is 0 Å². The van der Waals surface area contributed by atoms with Gasteiger partial charge in [0.1, 0.15) is 5.75 Å². The SMILES string of the molecule is COc1cccc([13C](=O)O)c1C. The molecule has 0 unspecified atom stereocenters. The molecule has 1 N–H and O–H groups in total. The van der Waals surface area contributed by atoms with Crippen molar-refractivity contribution in [2.45, 2.75) is 6.92 Å². The molecule has 12 heavy (non-hydrogen) atoms. The lowest BCUT2D eigenvalue weighted by atomic mass is 10.1. The normalized spacial score (nSPS) is 9.50. The van der Waals surface area contributed by atoms with Crippen LogP contribution in [0.15, 0.2) is 18.2 Å². The summed E-state index contributed by atoms with van der Waals surface area (Å²) in [6.07, 6.45) is 0. The topological polar surface area (TPSA) is 46.5 Å². The summed E-state index contributed by atoms with van der Waals surface area (Å²) < 4.78 is 4.97. The van der Waals surface area contributed by atoms with E-state index >= 15 is 0 Å². The molecule has 0 atom stereocenters. The molecule has 0 aliphatic heterocycles. The molecule has 1 aromatic carbocycles. The molecule has 0 saturated carbocycles. The van der Waals surface area contributed by atoms with Crippen molar-refractivity contribution in [3.8, 4) is 5.75 Å². The van der Waals surface area contributed by atoms with Gasteiger partial charge in [-0.05, 0) is 19.1 Å². The van der Waals surface area contributed by atoms with Crippen LogP contribution in [0.25, 0.3) is 0 Å². The maximum atomic E-state index is 10.6. The van der Waals surface area contributed by atoms with Crippen molar-refractivity contribution in [1.29, 1.82) is 0 Å². The molecule has 3 heteroatoms. The third kappa shape index (κ3) is 1.39. The van der Waals surface area contributed by atoms with E-state index in [9.17, 15) is 4.79 Å². The Hall–Kier alpha value is -1.51. The molecule has 0 spiro atoms. The zero-order chi connectivity index (χ0) is 9.14. The van der Waals surface area contributed by atoms with E-state index in [1.165, 1.54) is 7.11 Å². The molecule has 1 rings (SSSR count). The number of carboxylic acid groups (broad SMARTS) is 1. The van der Waals surface area contributed by atoms with Crippen LogP contribution in [0.2, 0.25) is 0 Å². The number of hydrogen-bond donors (Lipinski definition) is 1. The number of methoxy groups -OCH3 is 1. The third-order valence-corrected chi connectivity index (χ3v) is 1.73. The van der Waals surface area contributed by atoms with Crippen molar-refractivity contribution < 1.29 is 14.6 Å². The van der Waals surface area contributed by atoms with Crippen LogP contribution < -0.4 is 4.74 Å². The van der Waals surface area contributed by atoms with E-state index in [-0.39, 0.29) is 5.56 Å². The van der Waals surface area contributed by atoms with E-state index in [0.29, 0.717) is 11.3 Å². The van der Waals surface area contributed by atoms with Crippen LogP contribution in [0.4, 0.5) is 0 Å². The average Bonchev–Trinajstić information content (AvgIpc) is 2.04. The van der Waals surface area contributed by atoms with E-state index < -0.39 is 5.97 Å². The lowest BCUT2D eigenvalue weighted by Crippen LogP contribution is -2.00. The first-order chi connectivity index (χ1) is 5.66. The summed E-state index contributed by atoms with van der Waals surface area (Å²) in [4.78, 5) is 10.6. The minimum absolute atomic E-state index is 0.286. The minimum Gasteiger partial charge on any atom is -0.496 e. The second-order valence-electron chi connectivity index (χ2n) is 2.44. The Morgan fingerprint density at radius 3 is 2.67 bits per heavy atom. The van der Waals surface area contributed by atoms with Crippen LogP contribution in [0.1, 0.15) is 15.9 Å². The van der Waals surface area contributed by atoms with Gasteiger partial charge in [0.15, 0.2) is 0 Å². The van der Waals surface area contributed by atoms with Gasteiger partial charge in [-0.25, -0.2) is 4.79 Å². The highest BCUT2D eigenvalue weighted by Crippen LogP contribution is 2.20. The number of carbonyl (C=O) groups is 1. The molecule has 0 bridgehead atoms. The van der Waals surface area contributed by atoms with Crippen LogP contribution in [-0.2, 0) is 0 Å². The first-order valence-corrected chi connectivity index (χ1v) is 3.53.